The van der Waals surface area contributed by atoms with Crippen molar-refractivity contribution < 1.29 is 0 Å². The number of hydrogen-bond donors (Lipinski definition) is 1. The third-order valence-electron chi connectivity index (χ3n) is 3.59. The molecule has 1 nitrogen and oxygen atoms in total. The summed E-state index contributed by atoms with van der Waals surface area (Å²) in [4.78, 5) is 1.48. The Balaban J connectivity index is 2.10. The molecule has 0 amide bonds. The van der Waals surface area contributed by atoms with E-state index in [1.54, 1.807) is 0 Å². The molecule has 0 saturated carbocycles. The van der Waals surface area contributed by atoms with Crippen LogP contribution in [0.15, 0.2) is 29.2 Å². The van der Waals surface area contributed by atoms with Crippen LogP contribution in [0.3, 0.4) is 0 Å². The van der Waals surface area contributed by atoms with Crippen LogP contribution in [-0.4, -0.2) is 17.8 Å². The average Bonchev–Trinajstić information content (AvgIpc) is 2.70. The second-order valence-electron chi connectivity index (χ2n) is 6.27. The van der Waals surface area contributed by atoms with E-state index in [1.165, 1.54) is 23.3 Å². The molecule has 2 unspecified atom stereocenters. The highest BCUT2D eigenvalue weighted by molar-refractivity contribution is 8.00. The van der Waals surface area contributed by atoms with Gasteiger partial charge < -0.3 is 5.32 Å². The lowest BCUT2D eigenvalue weighted by atomic mass is 9.83. The lowest BCUT2D eigenvalue weighted by Gasteiger charge is -2.35. The van der Waals surface area contributed by atoms with Crippen LogP contribution in [0.25, 0.3) is 0 Å². The molecule has 1 heterocycles. The average molecular weight is 263 g/mol. The largest absolute Gasteiger partial charge is 0.312 e. The Morgan fingerprint density at radius 3 is 2.67 bits per heavy atom. The van der Waals surface area contributed by atoms with Crippen molar-refractivity contribution in [3.8, 4) is 0 Å². The van der Waals surface area contributed by atoms with Crippen LogP contribution >= 0.6 is 11.8 Å². The van der Waals surface area contributed by atoms with Crippen LogP contribution in [0, 0.1) is 5.41 Å². The number of nitrogens with one attached hydrogen (secondary N) is 1. The van der Waals surface area contributed by atoms with Gasteiger partial charge in [0.25, 0.3) is 0 Å². The summed E-state index contributed by atoms with van der Waals surface area (Å²) in [5, 5.41) is 4.44. The molecule has 0 bridgehead atoms. The van der Waals surface area contributed by atoms with Crippen molar-refractivity contribution in [1.82, 2.24) is 5.32 Å². The molecule has 0 radical (unpaired) electrons. The second kappa shape index (κ2) is 5.66. The normalized spacial score (nSPS) is 20.8. The predicted octanol–water partition coefficient (Wildman–Crippen LogP) is 4.12. The van der Waals surface area contributed by atoms with Crippen molar-refractivity contribution in [3.63, 3.8) is 0 Å². The molecule has 0 aromatic heterocycles. The first-order valence-electron chi connectivity index (χ1n) is 7.00. The minimum Gasteiger partial charge on any atom is -0.312 e. The Kier molecular flexibility index (Phi) is 4.39. The maximum absolute atomic E-state index is 3.77. The lowest BCUT2D eigenvalue weighted by molar-refractivity contribution is 0.262. The zero-order chi connectivity index (χ0) is 13.2. The van der Waals surface area contributed by atoms with Gasteiger partial charge in [0, 0.05) is 16.2 Å². The van der Waals surface area contributed by atoms with Crippen LogP contribution in [0.4, 0.5) is 0 Å². The Hall–Kier alpha value is -0.470. The monoisotopic (exact) mass is 263 g/mol. The molecule has 0 saturated heterocycles. The molecule has 1 aliphatic heterocycles. The highest BCUT2D eigenvalue weighted by Gasteiger charge is 2.35. The minimum atomic E-state index is 0.314. The topological polar surface area (TPSA) is 12.0 Å². The van der Waals surface area contributed by atoms with E-state index in [9.17, 15) is 0 Å². The van der Waals surface area contributed by atoms with E-state index in [0.717, 1.165) is 6.54 Å². The van der Waals surface area contributed by atoms with E-state index in [4.69, 9.17) is 0 Å². The molecule has 1 aromatic carbocycles. The molecular formula is C16H25NS. The summed E-state index contributed by atoms with van der Waals surface area (Å²) in [7, 11) is 0. The van der Waals surface area contributed by atoms with Crippen molar-refractivity contribution in [3.05, 3.63) is 29.8 Å². The quantitative estimate of drug-likeness (QED) is 0.877. The number of benzene rings is 1. The Labute approximate surface area is 116 Å². The highest BCUT2D eigenvalue weighted by atomic mass is 32.2. The zero-order valence-electron chi connectivity index (χ0n) is 12.0. The van der Waals surface area contributed by atoms with E-state index in [1.807, 2.05) is 0 Å². The fraction of sp³-hybridized carbons (Fsp3) is 0.625. The molecule has 1 aliphatic rings. The summed E-state index contributed by atoms with van der Waals surface area (Å²) in [6.07, 6.45) is 2.41. The fourth-order valence-corrected chi connectivity index (χ4v) is 4.38. The van der Waals surface area contributed by atoms with Crippen LogP contribution < -0.4 is 5.32 Å². The number of thioether (sulfide) groups is 1. The molecule has 100 valence electrons. The van der Waals surface area contributed by atoms with Crippen molar-refractivity contribution in [2.24, 2.45) is 5.41 Å². The summed E-state index contributed by atoms with van der Waals surface area (Å²) in [5.41, 5.74) is 1.84. The molecule has 2 heteroatoms. The maximum atomic E-state index is 3.77. The molecule has 2 rings (SSSR count). The maximum Gasteiger partial charge on any atom is 0.0294 e. The van der Waals surface area contributed by atoms with Crippen molar-refractivity contribution in [2.45, 2.75) is 56.7 Å². The van der Waals surface area contributed by atoms with Gasteiger partial charge in [-0.3, -0.25) is 0 Å². The van der Waals surface area contributed by atoms with Crippen LogP contribution in [-0.2, 0) is 6.42 Å². The lowest BCUT2D eigenvalue weighted by Crippen LogP contribution is -2.47. The summed E-state index contributed by atoms with van der Waals surface area (Å²) < 4.78 is 0. The summed E-state index contributed by atoms with van der Waals surface area (Å²) in [6.45, 7) is 10.4. The Morgan fingerprint density at radius 1 is 1.33 bits per heavy atom. The minimum absolute atomic E-state index is 0.314. The van der Waals surface area contributed by atoms with Crippen molar-refractivity contribution >= 4 is 11.8 Å². The van der Waals surface area contributed by atoms with Gasteiger partial charge in [0.1, 0.15) is 0 Å². The van der Waals surface area contributed by atoms with E-state index in [2.05, 4.69) is 69.0 Å². The fourth-order valence-electron chi connectivity index (χ4n) is 2.69. The molecule has 0 aliphatic carbocycles. The van der Waals surface area contributed by atoms with E-state index in [0.29, 0.717) is 16.7 Å². The first-order valence-corrected chi connectivity index (χ1v) is 7.88. The standard InChI is InChI=1S/C16H25NS/c1-5-10-17-15(16(2,3)4)14-11-12-8-6-7-9-13(12)18-14/h6-9,14-15,17H,5,10-11H2,1-4H3. The van der Waals surface area contributed by atoms with Gasteiger partial charge in [0.05, 0.1) is 0 Å². The second-order valence-corrected chi connectivity index (χ2v) is 7.55. The molecule has 0 spiro atoms. The molecule has 1 aromatic rings. The van der Waals surface area contributed by atoms with Gasteiger partial charge in [0.2, 0.25) is 0 Å². The van der Waals surface area contributed by atoms with Crippen LogP contribution in [0.5, 0.6) is 0 Å². The predicted molar refractivity (Wildman–Crippen MR) is 81.3 cm³/mol. The molecule has 0 fully saturated rings. The smallest absolute Gasteiger partial charge is 0.0294 e. The van der Waals surface area contributed by atoms with Crippen LogP contribution in [0.1, 0.15) is 39.7 Å². The van der Waals surface area contributed by atoms with Crippen molar-refractivity contribution in [1.29, 1.82) is 0 Å². The van der Waals surface area contributed by atoms with Gasteiger partial charge >= 0.3 is 0 Å². The first kappa shape index (κ1) is 14.0. The van der Waals surface area contributed by atoms with Gasteiger partial charge in [0.15, 0.2) is 0 Å². The number of hydrogen-bond acceptors (Lipinski definition) is 2. The van der Waals surface area contributed by atoms with Gasteiger partial charge in [-0.15, -0.1) is 11.8 Å². The summed E-state index contributed by atoms with van der Waals surface area (Å²) in [5.74, 6) is 0. The van der Waals surface area contributed by atoms with E-state index < -0.39 is 0 Å². The Bertz CT molecular complexity index is 369. The van der Waals surface area contributed by atoms with Gasteiger partial charge in [-0.05, 0) is 36.4 Å². The highest BCUT2D eigenvalue weighted by Crippen LogP contribution is 2.42. The third kappa shape index (κ3) is 3.10. The van der Waals surface area contributed by atoms with E-state index in [-0.39, 0.29) is 0 Å². The van der Waals surface area contributed by atoms with Gasteiger partial charge in [-0.2, -0.15) is 0 Å². The van der Waals surface area contributed by atoms with Gasteiger partial charge in [-0.1, -0.05) is 45.9 Å². The van der Waals surface area contributed by atoms with Crippen LogP contribution in [0.2, 0.25) is 0 Å². The number of rotatable bonds is 4. The molecule has 2 atom stereocenters. The first-order chi connectivity index (χ1) is 8.52. The Morgan fingerprint density at radius 2 is 2.06 bits per heavy atom. The molecule has 18 heavy (non-hydrogen) atoms. The van der Waals surface area contributed by atoms with E-state index >= 15 is 0 Å². The summed E-state index contributed by atoms with van der Waals surface area (Å²) >= 11 is 2.06. The molecular weight excluding hydrogens is 238 g/mol. The van der Waals surface area contributed by atoms with Gasteiger partial charge in [-0.25, -0.2) is 0 Å². The number of fused-ring (bicyclic) bond motifs is 1. The SMILES string of the molecule is CCCNC(C1Cc2ccccc2S1)C(C)(C)C. The molecule has 1 N–H and O–H groups in total. The zero-order valence-corrected chi connectivity index (χ0v) is 12.8. The van der Waals surface area contributed by atoms with Crippen molar-refractivity contribution in [2.75, 3.05) is 6.54 Å². The summed E-state index contributed by atoms with van der Waals surface area (Å²) in [6, 6.07) is 9.43. The third-order valence-corrected chi connectivity index (χ3v) is 4.98.